The number of methoxy groups -OCH3 is 1. The van der Waals surface area contributed by atoms with E-state index in [1.54, 1.807) is 24.3 Å². The number of hydrogen-bond donors (Lipinski definition) is 1. The van der Waals surface area contributed by atoms with Crippen LogP contribution >= 0.6 is 0 Å². The van der Waals surface area contributed by atoms with Crippen LogP contribution in [-0.2, 0) is 16.0 Å². The van der Waals surface area contributed by atoms with Crippen molar-refractivity contribution in [2.45, 2.75) is 12.5 Å². The second-order valence-electron chi connectivity index (χ2n) is 7.26. The first kappa shape index (κ1) is 20.1. The number of ether oxygens (including phenoxy) is 1. The summed E-state index contributed by atoms with van der Waals surface area (Å²) < 4.78 is 4.94. The van der Waals surface area contributed by atoms with Gasteiger partial charge in [0.1, 0.15) is 6.04 Å². The predicted molar refractivity (Wildman–Crippen MR) is 120 cm³/mol. The Morgan fingerprint density at radius 3 is 2.06 bits per heavy atom. The molecule has 0 aliphatic carbocycles. The number of benzene rings is 4. The van der Waals surface area contributed by atoms with E-state index in [2.05, 4.69) is 17.5 Å². The molecular weight excluding hydrogens is 388 g/mol. The minimum absolute atomic E-state index is 0.257. The van der Waals surface area contributed by atoms with Gasteiger partial charge >= 0.3 is 5.97 Å². The smallest absolute Gasteiger partial charge is 0.328 e. The molecule has 5 heteroatoms. The Bertz CT molecular complexity index is 1270. The molecule has 4 rings (SSSR count). The second kappa shape index (κ2) is 8.68. The fraction of sp³-hybridized carbons (Fsp3) is 0.115. The molecule has 1 atom stereocenters. The summed E-state index contributed by atoms with van der Waals surface area (Å²) in [6, 6.07) is 25.6. The fourth-order valence-corrected chi connectivity index (χ4v) is 3.78. The number of carbonyl (C=O) groups is 2. The number of carbonyl (C=O) groups excluding carboxylic acids is 2. The first-order chi connectivity index (χ1) is 15.1. The summed E-state index contributed by atoms with van der Waals surface area (Å²) in [4.78, 5) is 25.9. The molecule has 31 heavy (non-hydrogen) atoms. The Balaban J connectivity index is 1.72. The zero-order chi connectivity index (χ0) is 21.8. The van der Waals surface area contributed by atoms with Crippen LogP contribution in [0.4, 0.5) is 0 Å². The van der Waals surface area contributed by atoms with Crippen LogP contribution in [0.25, 0.3) is 21.5 Å². The van der Waals surface area contributed by atoms with E-state index >= 15 is 0 Å². The van der Waals surface area contributed by atoms with Crippen molar-refractivity contribution in [2.24, 2.45) is 0 Å². The van der Waals surface area contributed by atoms with Crippen molar-refractivity contribution in [2.75, 3.05) is 7.11 Å². The molecule has 0 heterocycles. The van der Waals surface area contributed by atoms with Crippen LogP contribution in [0.1, 0.15) is 21.5 Å². The van der Waals surface area contributed by atoms with Crippen LogP contribution in [0.5, 0.6) is 0 Å². The van der Waals surface area contributed by atoms with Crippen molar-refractivity contribution in [3.05, 3.63) is 95.6 Å². The monoisotopic (exact) mass is 408 g/mol. The molecule has 0 aliphatic heterocycles. The molecule has 0 unspecified atom stereocenters. The fourth-order valence-electron chi connectivity index (χ4n) is 3.78. The largest absolute Gasteiger partial charge is 0.467 e. The predicted octanol–water partition coefficient (Wildman–Crippen LogP) is 4.38. The van der Waals surface area contributed by atoms with Gasteiger partial charge < -0.3 is 10.1 Å². The highest BCUT2D eigenvalue weighted by Crippen LogP contribution is 2.28. The Labute approximate surface area is 179 Å². The summed E-state index contributed by atoms with van der Waals surface area (Å²) in [5.41, 5.74) is 1.88. The van der Waals surface area contributed by atoms with Gasteiger partial charge in [-0.15, -0.1) is 0 Å². The van der Waals surface area contributed by atoms with Crippen LogP contribution in [0.3, 0.4) is 0 Å². The Hall–Kier alpha value is -4.17. The Morgan fingerprint density at radius 2 is 1.52 bits per heavy atom. The number of fused-ring (bicyclic) bond motifs is 2. The molecule has 1 amide bonds. The molecule has 0 fully saturated rings. The van der Waals surface area contributed by atoms with Gasteiger partial charge in [0.05, 0.1) is 24.3 Å². The normalized spacial score (nSPS) is 11.6. The maximum absolute atomic E-state index is 13.4. The third-order valence-electron chi connectivity index (χ3n) is 5.31. The summed E-state index contributed by atoms with van der Waals surface area (Å²) in [6.07, 6.45) is 0.257. The van der Waals surface area contributed by atoms with Gasteiger partial charge in [-0.25, -0.2) is 4.79 Å². The quantitative estimate of drug-likeness (QED) is 0.393. The van der Waals surface area contributed by atoms with Crippen molar-refractivity contribution < 1.29 is 14.3 Å². The van der Waals surface area contributed by atoms with Gasteiger partial charge in [-0.05, 0) is 45.3 Å². The van der Waals surface area contributed by atoms with Gasteiger partial charge in [0.15, 0.2) is 0 Å². The van der Waals surface area contributed by atoms with E-state index in [9.17, 15) is 9.59 Å². The van der Waals surface area contributed by atoms with Crippen molar-refractivity contribution >= 4 is 33.4 Å². The average molecular weight is 408 g/mol. The number of nitrogens with zero attached hydrogens (tertiary/aromatic N) is 1. The summed E-state index contributed by atoms with van der Waals surface area (Å²) in [5, 5.41) is 15.4. The zero-order valence-electron chi connectivity index (χ0n) is 17.0. The minimum Gasteiger partial charge on any atom is -0.467 e. The lowest BCUT2D eigenvalue weighted by Gasteiger charge is -2.18. The van der Waals surface area contributed by atoms with Crippen LogP contribution in [0, 0.1) is 11.3 Å². The van der Waals surface area contributed by atoms with Crippen molar-refractivity contribution in [1.82, 2.24) is 5.32 Å². The average Bonchev–Trinajstić information content (AvgIpc) is 2.81. The lowest BCUT2D eigenvalue weighted by atomic mass is 9.95. The van der Waals surface area contributed by atoms with E-state index in [-0.39, 0.29) is 12.3 Å². The minimum atomic E-state index is -0.858. The molecular formula is C26H20N2O3. The van der Waals surface area contributed by atoms with E-state index in [4.69, 9.17) is 10.00 Å². The number of hydrogen-bond acceptors (Lipinski definition) is 4. The molecule has 0 bridgehead atoms. The van der Waals surface area contributed by atoms with Gasteiger partial charge in [0, 0.05) is 6.42 Å². The van der Waals surface area contributed by atoms with E-state index in [1.807, 2.05) is 48.5 Å². The van der Waals surface area contributed by atoms with Crippen LogP contribution in [0.2, 0.25) is 0 Å². The Kier molecular flexibility index (Phi) is 5.63. The SMILES string of the molecule is COC(=O)[C@H](Cc1ccc(C#N)cc1)NC(=O)c1c2ccccc2cc2ccccc12. The third-order valence-corrected chi connectivity index (χ3v) is 5.31. The summed E-state index contributed by atoms with van der Waals surface area (Å²) >= 11 is 0. The summed E-state index contributed by atoms with van der Waals surface area (Å²) in [7, 11) is 1.30. The second-order valence-corrected chi connectivity index (χ2v) is 7.26. The summed E-state index contributed by atoms with van der Waals surface area (Å²) in [6.45, 7) is 0. The molecule has 0 aliphatic rings. The first-order valence-corrected chi connectivity index (χ1v) is 9.89. The topological polar surface area (TPSA) is 79.2 Å². The maximum atomic E-state index is 13.4. The standard InChI is InChI=1S/C26H20N2O3/c1-31-26(30)23(14-17-10-12-18(16-27)13-11-17)28-25(29)24-21-8-4-2-6-19(21)15-20-7-3-5-9-22(20)24/h2-13,15,23H,14H2,1H3,(H,28,29)/t23-/m0/s1. The lowest BCUT2D eigenvalue weighted by molar-refractivity contribution is -0.142. The number of amides is 1. The van der Waals surface area contributed by atoms with Crippen molar-refractivity contribution in [1.29, 1.82) is 5.26 Å². The molecule has 0 spiro atoms. The molecule has 0 aromatic heterocycles. The van der Waals surface area contributed by atoms with Crippen LogP contribution < -0.4 is 5.32 Å². The molecule has 0 saturated heterocycles. The Morgan fingerprint density at radius 1 is 0.935 bits per heavy atom. The highest BCUT2D eigenvalue weighted by molar-refractivity contribution is 6.18. The van der Waals surface area contributed by atoms with Crippen LogP contribution in [0.15, 0.2) is 78.9 Å². The van der Waals surface area contributed by atoms with Crippen molar-refractivity contribution in [3.63, 3.8) is 0 Å². The van der Waals surface area contributed by atoms with E-state index in [0.29, 0.717) is 11.1 Å². The number of esters is 1. The zero-order valence-corrected chi connectivity index (χ0v) is 17.0. The highest BCUT2D eigenvalue weighted by atomic mass is 16.5. The van der Waals surface area contributed by atoms with E-state index in [0.717, 1.165) is 27.1 Å². The van der Waals surface area contributed by atoms with E-state index < -0.39 is 12.0 Å². The molecule has 4 aromatic rings. The lowest BCUT2D eigenvalue weighted by Crippen LogP contribution is -2.43. The van der Waals surface area contributed by atoms with Gasteiger partial charge in [0.2, 0.25) is 0 Å². The molecule has 4 aromatic carbocycles. The number of rotatable bonds is 5. The summed E-state index contributed by atoms with van der Waals surface area (Å²) in [5.74, 6) is -0.862. The van der Waals surface area contributed by atoms with Gasteiger partial charge in [-0.1, -0.05) is 60.7 Å². The third kappa shape index (κ3) is 4.10. The van der Waals surface area contributed by atoms with E-state index in [1.165, 1.54) is 7.11 Å². The number of nitrogens with one attached hydrogen (secondary N) is 1. The van der Waals surface area contributed by atoms with Gasteiger partial charge in [0.25, 0.3) is 5.91 Å². The molecule has 152 valence electrons. The first-order valence-electron chi connectivity index (χ1n) is 9.89. The highest BCUT2D eigenvalue weighted by Gasteiger charge is 2.24. The number of nitriles is 1. The van der Waals surface area contributed by atoms with Gasteiger partial charge in [-0.3, -0.25) is 4.79 Å². The molecule has 1 N–H and O–H groups in total. The molecule has 0 saturated carbocycles. The molecule has 5 nitrogen and oxygen atoms in total. The molecule has 0 radical (unpaired) electrons. The van der Waals surface area contributed by atoms with Gasteiger partial charge in [-0.2, -0.15) is 5.26 Å². The van der Waals surface area contributed by atoms with Crippen molar-refractivity contribution in [3.8, 4) is 6.07 Å². The van der Waals surface area contributed by atoms with Crippen LogP contribution in [-0.4, -0.2) is 25.0 Å². The maximum Gasteiger partial charge on any atom is 0.328 e.